The highest BCUT2D eigenvalue weighted by Crippen LogP contribution is 2.27. The van der Waals surface area contributed by atoms with Crippen molar-refractivity contribution >= 4 is 22.9 Å². The molecular weight excluding hydrogens is 253 g/mol. The molecule has 60 valence electrons. The van der Waals surface area contributed by atoms with Crippen LogP contribution < -0.4 is 5.73 Å². The van der Waals surface area contributed by atoms with E-state index in [-0.39, 0.29) is 6.54 Å². The van der Waals surface area contributed by atoms with Crippen LogP contribution in [0.2, 0.25) is 0 Å². The van der Waals surface area contributed by atoms with E-state index in [0.717, 1.165) is 0 Å². The molecule has 2 nitrogen and oxygen atoms in total. The number of piperidine rings is 1. The van der Waals surface area contributed by atoms with Gasteiger partial charge in [0.25, 0.3) is 5.92 Å². The molecule has 1 atom stereocenters. The van der Waals surface area contributed by atoms with E-state index >= 15 is 0 Å². The highest BCUT2D eigenvalue weighted by molar-refractivity contribution is 14.1. The number of alkyl halides is 2. The fourth-order valence-electron chi connectivity index (χ4n) is 0.915. The smallest absolute Gasteiger partial charge is 0.276 e. The van der Waals surface area contributed by atoms with Gasteiger partial charge in [-0.25, -0.2) is 11.9 Å². The van der Waals surface area contributed by atoms with Crippen LogP contribution in [0.3, 0.4) is 0 Å². The summed E-state index contributed by atoms with van der Waals surface area (Å²) in [4.78, 5) is 0. The van der Waals surface area contributed by atoms with Crippen LogP contribution in [0.15, 0.2) is 0 Å². The molecule has 0 aliphatic carbocycles. The van der Waals surface area contributed by atoms with Gasteiger partial charge in [0.2, 0.25) is 0 Å². The van der Waals surface area contributed by atoms with Gasteiger partial charge < -0.3 is 5.73 Å². The van der Waals surface area contributed by atoms with E-state index in [9.17, 15) is 8.78 Å². The third kappa shape index (κ3) is 1.76. The number of rotatable bonds is 0. The Balaban J connectivity index is 2.55. The summed E-state index contributed by atoms with van der Waals surface area (Å²) in [6.07, 6.45) is 0.385. The van der Waals surface area contributed by atoms with E-state index in [0.29, 0.717) is 13.0 Å². The van der Waals surface area contributed by atoms with Crippen molar-refractivity contribution in [2.75, 3.05) is 13.1 Å². The van der Waals surface area contributed by atoms with Crippen molar-refractivity contribution in [2.45, 2.75) is 18.4 Å². The summed E-state index contributed by atoms with van der Waals surface area (Å²) in [5.41, 5.74) is 5.19. The fourth-order valence-corrected chi connectivity index (χ4v) is 1.65. The Morgan fingerprint density at radius 1 is 1.60 bits per heavy atom. The normalized spacial score (nSPS) is 34.2. The van der Waals surface area contributed by atoms with Crippen molar-refractivity contribution in [3.05, 3.63) is 0 Å². The summed E-state index contributed by atoms with van der Waals surface area (Å²) in [6, 6.07) is -0.946. The van der Waals surface area contributed by atoms with Crippen LogP contribution in [0.25, 0.3) is 0 Å². The van der Waals surface area contributed by atoms with Gasteiger partial charge in [-0.2, -0.15) is 0 Å². The van der Waals surface area contributed by atoms with E-state index < -0.39 is 12.0 Å². The Kier molecular flexibility index (Phi) is 2.46. The molecule has 0 saturated carbocycles. The summed E-state index contributed by atoms with van der Waals surface area (Å²) in [5, 5.41) is 0. The summed E-state index contributed by atoms with van der Waals surface area (Å²) in [5.74, 6) is -2.70. The molecule has 0 aromatic carbocycles. The topological polar surface area (TPSA) is 29.3 Å². The second-order valence-corrected chi connectivity index (χ2v) is 3.87. The molecule has 0 aromatic rings. The third-order valence-corrected chi connectivity index (χ3v) is 2.43. The van der Waals surface area contributed by atoms with Gasteiger partial charge in [-0.1, -0.05) is 0 Å². The molecule has 1 aliphatic heterocycles. The van der Waals surface area contributed by atoms with Gasteiger partial charge in [0.15, 0.2) is 0 Å². The highest BCUT2D eigenvalue weighted by Gasteiger charge is 2.41. The summed E-state index contributed by atoms with van der Waals surface area (Å²) >= 11 is 1.89. The maximum absolute atomic E-state index is 12.7. The van der Waals surface area contributed by atoms with E-state index in [1.807, 2.05) is 22.9 Å². The first-order valence-electron chi connectivity index (χ1n) is 3.06. The standard InChI is InChI=1S/C5H9F2IN2/c6-5(7)3-10(8)2-1-4(5)9/h4H,1-3,9H2. The van der Waals surface area contributed by atoms with E-state index in [2.05, 4.69) is 0 Å². The quantitative estimate of drug-likeness (QED) is 0.521. The van der Waals surface area contributed by atoms with Crippen LogP contribution in [0, 0.1) is 0 Å². The number of hydrogen-bond donors (Lipinski definition) is 1. The molecule has 0 bridgehead atoms. The van der Waals surface area contributed by atoms with Crippen molar-refractivity contribution in [1.82, 2.24) is 3.11 Å². The summed E-state index contributed by atoms with van der Waals surface area (Å²) in [7, 11) is 0. The monoisotopic (exact) mass is 262 g/mol. The zero-order chi connectivity index (χ0) is 7.78. The zero-order valence-corrected chi connectivity index (χ0v) is 7.51. The molecule has 0 spiro atoms. The number of halogens is 3. The van der Waals surface area contributed by atoms with Crippen molar-refractivity contribution in [2.24, 2.45) is 5.73 Å². The third-order valence-electron chi connectivity index (χ3n) is 1.61. The molecule has 0 radical (unpaired) electrons. The molecule has 0 amide bonds. The van der Waals surface area contributed by atoms with Crippen LogP contribution in [0.4, 0.5) is 8.78 Å². The molecule has 1 aliphatic rings. The van der Waals surface area contributed by atoms with Gasteiger partial charge in [-0.15, -0.1) is 0 Å². The van der Waals surface area contributed by atoms with E-state index in [1.54, 1.807) is 3.11 Å². The Bertz CT molecular complexity index is 131. The van der Waals surface area contributed by atoms with Gasteiger partial charge in [-0.05, 0) is 6.42 Å². The van der Waals surface area contributed by atoms with Crippen LogP contribution >= 0.6 is 22.9 Å². The SMILES string of the molecule is NC1CCN(I)CC1(F)F. The van der Waals surface area contributed by atoms with Crippen LogP contribution in [-0.2, 0) is 0 Å². The average molecular weight is 262 g/mol. The lowest BCUT2D eigenvalue weighted by Gasteiger charge is -2.32. The van der Waals surface area contributed by atoms with E-state index in [1.165, 1.54) is 0 Å². The van der Waals surface area contributed by atoms with Gasteiger partial charge in [0, 0.05) is 29.4 Å². The largest absolute Gasteiger partial charge is 0.323 e. The Morgan fingerprint density at radius 3 is 2.60 bits per heavy atom. The van der Waals surface area contributed by atoms with Gasteiger partial charge in [0.05, 0.1) is 12.6 Å². The number of nitrogens with zero attached hydrogens (tertiary/aromatic N) is 1. The minimum absolute atomic E-state index is 0.214. The lowest BCUT2D eigenvalue weighted by molar-refractivity contribution is -0.0546. The lowest BCUT2D eigenvalue weighted by atomic mass is 10.0. The van der Waals surface area contributed by atoms with Crippen molar-refractivity contribution < 1.29 is 8.78 Å². The number of hydrogen-bond acceptors (Lipinski definition) is 2. The van der Waals surface area contributed by atoms with Crippen molar-refractivity contribution in [3.8, 4) is 0 Å². The summed E-state index contributed by atoms with van der Waals surface area (Å²) in [6.45, 7) is 0.450. The molecule has 1 unspecified atom stereocenters. The molecule has 1 heterocycles. The minimum atomic E-state index is -2.70. The summed E-state index contributed by atoms with van der Waals surface area (Å²) < 4.78 is 26.9. The van der Waals surface area contributed by atoms with Crippen LogP contribution in [0.1, 0.15) is 6.42 Å². The first-order valence-corrected chi connectivity index (χ1v) is 4.03. The van der Waals surface area contributed by atoms with Crippen molar-refractivity contribution in [1.29, 1.82) is 0 Å². The maximum atomic E-state index is 12.7. The molecule has 2 N–H and O–H groups in total. The second kappa shape index (κ2) is 2.86. The Labute approximate surface area is 72.2 Å². The second-order valence-electron chi connectivity index (χ2n) is 2.50. The highest BCUT2D eigenvalue weighted by atomic mass is 127. The first kappa shape index (κ1) is 8.61. The van der Waals surface area contributed by atoms with Gasteiger partial charge in [-0.3, -0.25) is 0 Å². The fraction of sp³-hybridized carbons (Fsp3) is 1.00. The zero-order valence-electron chi connectivity index (χ0n) is 5.36. The average Bonchev–Trinajstić information content (AvgIpc) is 1.78. The molecule has 0 aromatic heterocycles. The van der Waals surface area contributed by atoms with Gasteiger partial charge >= 0.3 is 0 Å². The molecule has 1 rings (SSSR count). The maximum Gasteiger partial charge on any atom is 0.276 e. The predicted molar refractivity (Wildman–Crippen MR) is 43.1 cm³/mol. The van der Waals surface area contributed by atoms with E-state index in [4.69, 9.17) is 5.73 Å². The minimum Gasteiger partial charge on any atom is -0.323 e. The molecular formula is C5H9F2IN2. The molecule has 1 saturated heterocycles. The molecule has 10 heavy (non-hydrogen) atoms. The van der Waals surface area contributed by atoms with Gasteiger partial charge in [0.1, 0.15) is 0 Å². The Hall–Kier alpha value is 0.510. The van der Waals surface area contributed by atoms with Crippen molar-refractivity contribution in [3.63, 3.8) is 0 Å². The van der Waals surface area contributed by atoms with Crippen LogP contribution in [-0.4, -0.2) is 28.2 Å². The predicted octanol–water partition coefficient (Wildman–Crippen LogP) is 1.00. The first-order chi connectivity index (χ1) is 4.52. The Morgan fingerprint density at radius 2 is 2.20 bits per heavy atom. The van der Waals surface area contributed by atoms with Crippen LogP contribution in [0.5, 0.6) is 0 Å². The lowest BCUT2D eigenvalue weighted by Crippen LogP contribution is -2.52. The molecule has 1 fully saturated rings. The molecule has 5 heteroatoms. The number of nitrogens with two attached hydrogens (primary N) is 1.